The number of rotatable bonds is 4. The molecule has 0 saturated heterocycles. The van der Waals surface area contributed by atoms with Crippen LogP contribution in [0, 0.1) is 0 Å². The van der Waals surface area contributed by atoms with Crippen molar-refractivity contribution in [1.29, 1.82) is 0 Å². The first-order valence-corrected chi connectivity index (χ1v) is 6.30. The molecule has 1 N–H and O–H groups in total. The average molecular weight is 271 g/mol. The Bertz CT molecular complexity index is 468. The summed E-state index contributed by atoms with van der Waals surface area (Å²) in [6, 6.07) is 0. The second-order valence-electron chi connectivity index (χ2n) is 4.87. The van der Waals surface area contributed by atoms with Crippen molar-refractivity contribution < 1.29 is 14.7 Å². The Labute approximate surface area is 110 Å². The van der Waals surface area contributed by atoms with Gasteiger partial charge in [0.2, 0.25) is 0 Å². The smallest absolute Gasteiger partial charge is 0.329 e. The molecule has 1 rings (SSSR count). The number of hydrogen-bond donors (Lipinski definition) is 1. The number of hydrogen-bond acceptors (Lipinski definition) is 5. The van der Waals surface area contributed by atoms with Crippen LogP contribution in [0.25, 0.3) is 0 Å². The summed E-state index contributed by atoms with van der Waals surface area (Å²) in [5.41, 5.74) is -0.659. The van der Waals surface area contributed by atoms with E-state index in [4.69, 9.17) is 5.11 Å². The molecule has 0 unspecified atom stereocenters. The third-order valence-electron chi connectivity index (χ3n) is 2.92. The van der Waals surface area contributed by atoms with Gasteiger partial charge in [-0.05, 0) is 31.3 Å². The lowest BCUT2D eigenvalue weighted by atomic mass is 10.0. The van der Waals surface area contributed by atoms with E-state index in [-0.39, 0.29) is 11.8 Å². The molecular formula is C11H17N3O3S. The molecule has 0 atom stereocenters. The van der Waals surface area contributed by atoms with E-state index < -0.39 is 11.5 Å². The fourth-order valence-corrected chi connectivity index (χ4v) is 2.07. The fourth-order valence-electron chi connectivity index (χ4n) is 1.27. The van der Waals surface area contributed by atoms with Crippen LogP contribution in [0.4, 0.5) is 0 Å². The molecule has 0 spiro atoms. The molecule has 0 fully saturated rings. The van der Waals surface area contributed by atoms with E-state index in [2.05, 4.69) is 9.59 Å². The van der Waals surface area contributed by atoms with E-state index in [1.807, 2.05) is 13.8 Å². The van der Waals surface area contributed by atoms with Crippen LogP contribution in [-0.4, -0.2) is 44.1 Å². The fraction of sp³-hybridized carbons (Fsp3) is 0.636. The van der Waals surface area contributed by atoms with Crippen LogP contribution < -0.4 is 0 Å². The molecule has 1 heterocycles. The van der Waals surface area contributed by atoms with E-state index in [0.717, 1.165) is 11.5 Å². The standard InChI is InChI=1S/C11H17N3O3S/c1-6(2)7-8(18-13-12-7)9(15)14(5)11(3,4)10(16)17/h6H,1-5H3,(H,16,17). The lowest BCUT2D eigenvalue weighted by molar-refractivity contribution is -0.147. The maximum atomic E-state index is 12.3. The average Bonchev–Trinajstić information content (AvgIpc) is 2.75. The van der Waals surface area contributed by atoms with Gasteiger partial charge in [-0.15, -0.1) is 5.10 Å². The number of carbonyl (C=O) groups is 2. The highest BCUT2D eigenvalue weighted by molar-refractivity contribution is 7.08. The van der Waals surface area contributed by atoms with Crippen molar-refractivity contribution in [3.8, 4) is 0 Å². The molecular weight excluding hydrogens is 254 g/mol. The SMILES string of the molecule is CC(C)c1nnsc1C(=O)N(C)C(C)(C)C(=O)O. The minimum absolute atomic E-state index is 0.0732. The van der Waals surface area contributed by atoms with Crippen molar-refractivity contribution in [1.82, 2.24) is 14.5 Å². The maximum absolute atomic E-state index is 12.3. The molecule has 0 aliphatic rings. The van der Waals surface area contributed by atoms with Crippen molar-refractivity contribution in [2.75, 3.05) is 7.05 Å². The predicted octanol–water partition coefficient (Wildman–Crippen LogP) is 1.60. The zero-order chi connectivity index (χ0) is 14.1. The first-order valence-electron chi connectivity index (χ1n) is 5.53. The van der Waals surface area contributed by atoms with Crippen molar-refractivity contribution in [2.24, 2.45) is 0 Å². The van der Waals surface area contributed by atoms with Gasteiger partial charge in [-0.1, -0.05) is 18.3 Å². The molecule has 0 radical (unpaired) electrons. The second kappa shape index (κ2) is 5.01. The number of carbonyl (C=O) groups excluding carboxylic acids is 1. The third kappa shape index (κ3) is 2.50. The molecule has 18 heavy (non-hydrogen) atoms. The first-order chi connectivity index (χ1) is 8.19. The van der Waals surface area contributed by atoms with Crippen LogP contribution in [0.5, 0.6) is 0 Å². The minimum atomic E-state index is -1.27. The molecule has 7 heteroatoms. The predicted molar refractivity (Wildman–Crippen MR) is 67.8 cm³/mol. The lowest BCUT2D eigenvalue weighted by Gasteiger charge is -2.31. The molecule has 0 aliphatic heterocycles. The summed E-state index contributed by atoms with van der Waals surface area (Å²) in [6.45, 7) is 6.79. The summed E-state index contributed by atoms with van der Waals surface area (Å²) in [7, 11) is 1.47. The van der Waals surface area contributed by atoms with E-state index in [0.29, 0.717) is 10.6 Å². The van der Waals surface area contributed by atoms with Gasteiger partial charge in [0.25, 0.3) is 5.91 Å². The number of likely N-dealkylation sites (N-methyl/N-ethyl adjacent to an activating group) is 1. The van der Waals surface area contributed by atoms with Crippen LogP contribution in [0.2, 0.25) is 0 Å². The topological polar surface area (TPSA) is 83.4 Å². The number of aliphatic carboxylic acids is 1. The van der Waals surface area contributed by atoms with Crippen molar-refractivity contribution in [3.63, 3.8) is 0 Å². The Morgan fingerprint density at radius 3 is 2.39 bits per heavy atom. The van der Waals surface area contributed by atoms with Crippen LogP contribution in [0.1, 0.15) is 49.0 Å². The molecule has 1 aromatic rings. The highest BCUT2D eigenvalue weighted by atomic mass is 32.1. The molecule has 0 aliphatic carbocycles. The van der Waals surface area contributed by atoms with Crippen LogP contribution >= 0.6 is 11.5 Å². The van der Waals surface area contributed by atoms with Gasteiger partial charge in [-0.25, -0.2) is 4.79 Å². The minimum Gasteiger partial charge on any atom is -0.480 e. The van der Waals surface area contributed by atoms with Crippen molar-refractivity contribution in [3.05, 3.63) is 10.6 Å². The summed E-state index contributed by atoms with van der Waals surface area (Å²) >= 11 is 0.997. The molecule has 0 bridgehead atoms. The summed E-state index contributed by atoms with van der Waals surface area (Å²) in [5, 5.41) is 13.0. The van der Waals surface area contributed by atoms with E-state index >= 15 is 0 Å². The van der Waals surface area contributed by atoms with Crippen molar-refractivity contribution in [2.45, 2.75) is 39.2 Å². The molecule has 0 saturated carbocycles. The Morgan fingerprint density at radius 1 is 1.39 bits per heavy atom. The highest BCUT2D eigenvalue weighted by Crippen LogP contribution is 2.24. The summed E-state index contributed by atoms with van der Waals surface area (Å²) in [6.07, 6.45) is 0. The summed E-state index contributed by atoms with van der Waals surface area (Å²) in [5.74, 6) is -1.34. The first kappa shape index (κ1) is 14.6. The van der Waals surface area contributed by atoms with Gasteiger partial charge in [0, 0.05) is 7.05 Å². The second-order valence-corrected chi connectivity index (χ2v) is 5.62. The number of carboxylic acids is 1. The van der Waals surface area contributed by atoms with Gasteiger partial charge in [0.05, 0.1) is 5.69 Å². The van der Waals surface area contributed by atoms with Crippen LogP contribution in [0.15, 0.2) is 0 Å². The molecule has 1 aromatic heterocycles. The maximum Gasteiger partial charge on any atom is 0.329 e. The van der Waals surface area contributed by atoms with Crippen LogP contribution in [0.3, 0.4) is 0 Å². The quantitative estimate of drug-likeness (QED) is 0.899. The summed E-state index contributed by atoms with van der Waals surface area (Å²) in [4.78, 5) is 25.0. The Balaban J connectivity index is 3.08. The molecule has 1 amide bonds. The molecule has 100 valence electrons. The largest absolute Gasteiger partial charge is 0.480 e. The Kier molecular flexibility index (Phi) is 4.05. The van der Waals surface area contributed by atoms with Gasteiger partial charge >= 0.3 is 5.97 Å². The van der Waals surface area contributed by atoms with Gasteiger partial charge in [-0.3, -0.25) is 4.79 Å². The van der Waals surface area contributed by atoms with Gasteiger partial charge in [0.15, 0.2) is 0 Å². The van der Waals surface area contributed by atoms with Crippen LogP contribution in [-0.2, 0) is 4.79 Å². The van der Waals surface area contributed by atoms with E-state index in [9.17, 15) is 9.59 Å². The number of aromatic nitrogens is 2. The van der Waals surface area contributed by atoms with Gasteiger partial charge < -0.3 is 10.0 Å². The molecule has 6 nitrogen and oxygen atoms in total. The number of amides is 1. The lowest BCUT2D eigenvalue weighted by Crippen LogP contribution is -2.50. The third-order valence-corrected chi connectivity index (χ3v) is 3.65. The Morgan fingerprint density at radius 2 is 1.94 bits per heavy atom. The zero-order valence-electron chi connectivity index (χ0n) is 11.1. The summed E-state index contributed by atoms with van der Waals surface area (Å²) < 4.78 is 3.77. The van der Waals surface area contributed by atoms with E-state index in [1.165, 1.54) is 25.8 Å². The molecule has 0 aromatic carbocycles. The van der Waals surface area contributed by atoms with Gasteiger partial charge in [-0.2, -0.15) is 0 Å². The highest BCUT2D eigenvalue weighted by Gasteiger charge is 2.37. The monoisotopic (exact) mass is 271 g/mol. The van der Waals surface area contributed by atoms with Gasteiger partial charge in [0.1, 0.15) is 10.4 Å². The zero-order valence-corrected chi connectivity index (χ0v) is 11.9. The van der Waals surface area contributed by atoms with E-state index in [1.54, 1.807) is 0 Å². The number of nitrogens with zero attached hydrogens (tertiary/aromatic N) is 3. The Hall–Kier alpha value is -1.50. The normalized spacial score (nSPS) is 11.7. The van der Waals surface area contributed by atoms with Crippen molar-refractivity contribution >= 4 is 23.4 Å². The number of carboxylic acid groups (broad SMARTS) is 1.